The fraction of sp³-hybridized carbons (Fsp3) is 0. The Labute approximate surface area is 414 Å². The second-order valence-corrected chi connectivity index (χ2v) is 17.4. The second kappa shape index (κ2) is 17.8. The fourth-order valence-corrected chi connectivity index (χ4v) is 10.0. The standard InChI is InChI=1S/C60H32F10N4/c61-33-13-11-19-37(29-33)71(39-25-27-47-43(31-39)41-21-7-9-23-45(41)73(47)35-15-3-1-4-16-35)59-55(67)51(63)49(52(64)56(59)68)50-53(65)57(69)60(58(70)54(50)66)72(38-20-12-14-34(62)30-38)40-26-28-48-44(32-40)42-22-8-10-24-46(42)74(48)36-17-5-2-6-18-36/h1-32H. The monoisotopic (exact) mass is 998 g/mol. The highest BCUT2D eigenvalue weighted by Gasteiger charge is 2.38. The number of para-hydroxylation sites is 4. The van der Waals surface area contributed by atoms with Crippen molar-refractivity contribution in [1.82, 2.24) is 9.13 Å². The van der Waals surface area contributed by atoms with E-state index in [4.69, 9.17) is 0 Å². The van der Waals surface area contributed by atoms with Crippen molar-refractivity contribution in [3.8, 4) is 22.5 Å². The van der Waals surface area contributed by atoms with Crippen LogP contribution in [0.1, 0.15) is 0 Å². The average molecular weight is 999 g/mol. The van der Waals surface area contributed by atoms with Crippen molar-refractivity contribution in [3.05, 3.63) is 252 Å². The van der Waals surface area contributed by atoms with Crippen LogP contribution in [0.15, 0.2) is 194 Å². The van der Waals surface area contributed by atoms with Crippen molar-refractivity contribution in [2.24, 2.45) is 0 Å². The van der Waals surface area contributed by atoms with Gasteiger partial charge in [0.1, 0.15) is 23.0 Å². The van der Waals surface area contributed by atoms with Gasteiger partial charge in [-0.2, -0.15) is 0 Å². The number of anilines is 6. The summed E-state index contributed by atoms with van der Waals surface area (Å²) < 4.78 is 169. The first-order valence-corrected chi connectivity index (χ1v) is 22.9. The topological polar surface area (TPSA) is 16.3 Å². The van der Waals surface area contributed by atoms with Gasteiger partial charge in [-0.15, -0.1) is 0 Å². The molecule has 0 spiro atoms. The van der Waals surface area contributed by atoms with Crippen LogP contribution in [0.2, 0.25) is 0 Å². The predicted molar refractivity (Wildman–Crippen MR) is 270 cm³/mol. The van der Waals surface area contributed by atoms with Gasteiger partial charge in [-0.05, 0) is 109 Å². The van der Waals surface area contributed by atoms with E-state index in [-0.39, 0.29) is 22.7 Å². The third kappa shape index (κ3) is 7.15. The average Bonchev–Trinajstić information content (AvgIpc) is 3.93. The van der Waals surface area contributed by atoms with Crippen LogP contribution in [0.3, 0.4) is 0 Å². The SMILES string of the molecule is Fc1cccc(N(c2ccc3c(c2)c2ccccc2n3-c2ccccc2)c2c(F)c(F)c(-c3c(F)c(F)c(N(c4cccc(F)c4)c4ccc5c(c4)c4ccccc4n5-c4ccccc4)c(F)c3F)c(F)c2F)c1. The normalized spacial score (nSPS) is 11.6. The Kier molecular flexibility index (Phi) is 11.0. The van der Waals surface area contributed by atoms with E-state index >= 15 is 43.9 Å². The molecule has 0 N–H and O–H groups in total. The van der Waals surface area contributed by atoms with Crippen molar-refractivity contribution in [2.45, 2.75) is 0 Å². The lowest BCUT2D eigenvalue weighted by Crippen LogP contribution is -2.19. The van der Waals surface area contributed by atoms with Crippen LogP contribution in [-0.4, -0.2) is 9.13 Å². The molecule has 74 heavy (non-hydrogen) atoms. The third-order valence-corrected chi connectivity index (χ3v) is 13.2. The summed E-state index contributed by atoms with van der Waals surface area (Å²) in [5.41, 5.74) is -3.95. The summed E-state index contributed by atoms with van der Waals surface area (Å²) >= 11 is 0. The lowest BCUT2D eigenvalue weighted by molar-refractivity contribution is 0.444. The Morgan fingerprint density at radius 2 is 0.581 bits per heavy atom. The minimum absolute atomic E-state index is 0.137. The highest BCUT2D eigenvalue weighted by molar-refractivity contribution is 6.12. The Bertz CT molecular complexity index is 3900. The summed E-state index contributed by atoms with van der Waals surface area (Å²) in [7, 11) is 0. The fourth-order valence-electron chi connectivity index (χ4n) is 10.0. The number of nitrogens with zero attached hydrogens (tertiary/aromatic N) is 4. The van der Waals surface area contributed by atoms with Gasteiger partial charge in [0.05, 0.1) is 33.2 Å². The Morgan fingerprint density at radius 1 is 0.257 bits per heavy atom. The number of aromatic nitrogens is 2. The molecular formula is C60H32F10N4. The van der Waals surface area contributed by atoms with E-state index in [1.54, 1.807) is 36.4 Å². The van der Waals surface area contributed by atoms with Crippen LogP contribution in [0.25, 0.3) is 66.1 Å². The highest BCUT2D eigenvalue weighted by Crippen LogP contribution is 2.49. The van der Waals surface area contributed by atoms with Crippen molar-refractivity contribution < 1.29 is 43.9 Å². The lowest BCUT2D eigenvalue weighted by atomic mass is 9.98. The largest absolute Gasteiger partial charge is 0.309 e. The molecule has 0 amide bonds. The predicted octanol–water partition coefficient (Wildman–Crippen LogP) is 17.9. The smallest absolute Gasteiger partial charge is 0.186 e. The van der Waals surface area contributed by atoms with Gasteiger partial charge >= 0.3 is 0 Å². The zero-order chi connectivity index (χ0) is 51.1. The van der Waals surface area contributed by atoms with E-state index in [2.05, 4.69) is 0 Å². The van der Waals surface area contributed by atoms with Gasteiger partial charge in [0.2, 0.25) is 0 Å². The molecule has 14 heteroatoms. The van der Waals surface area contributed by atoms with Gasteiger partial charge in [0.25, 0.3) is 0 Å². The number of halogens is 10. The molecule has 4 nitrogen and oxygen atoms in total. The molecule has 0 radical (unpaired) electrons. The van der Waals surface area contributed by atoms with Crippen LogP contribution in [0, 0.1) is 58.2 Å². The molecule has 10 aromatic carbocycles. The van der Waals surface area contributed by atoms with Gasteiger partial charge in [0.15, 0.2) is 46.5 Å². The molecule has 0 aliphatic heterocycles. The number of hydrogen-bond donors (Lipinski definition) is 0. The Balaban J connectivity index is 1.03. The summed E-state index contributed by atoms with van der Waals surface area (Å²) in [5, 5.41) is 2.32. The van der Waals surface area contributed by atoms with E-state index in [1.165, 1.54) is 48.5 Å². The van der Waals surface area contributed by atoms with Gasteiger partial charge in [-0.1, -0.05) is 84.9 Å². The van der Waals surface area contributed by atoms with Crippen LogP contribution < -0.4 is 9.80 Å². The first-order valence-electron chi connectivity index (χ1n) is 22.9. The number of benzene rings is 10. The molecule has 0 bridgehead atoms. The highest BCUT2D eigenvalue weighted by atomic mass is 19.2. The Morgan fingerprint density at radius 3 is 0.946 bits per heavy atom. The van der Waals surface area contributed by atoms with Gasteiger partial charge in [-0.25, -0.2) is 43.9 Å². The molecule has 0 fully saturated rings. The molecule has 0 atom stereocenters. The van der Waals surface area contributed by atoms with E-state index in [0.29, 0.717) is 42.4 Å². The summed E-state index contributed by atoms with van der Waals surface area (Å²) in [6.07, 6.45) is 0. The second-order valence-electron chi connectivity index (χ2n) is 17.4. The van der Waals surface area contributed by atoms with Crippen molar-refractivity contribution in [3.63, 3.8) is 0 Å². The first-order chi connectivity index (χ1) is 35.9. The molecule has 0 saturated heterocycles. The van der Waals surface area contributed by atoms with Crippen LogP contribution >= 0.6 is 0 Å². The molecule has 2 aromatic heterocycles. The molecule has 2 heterocycles. The van der Waals surface area contributed by atoms with Gasteiger partial charge in [0, 0.05) is 55.7 Å². The van der Waals surface area contributed by atoms with E-state index in [0.717, 1.165) is 46.7 Å². The quantitative estimate of drug-likeness (QED) is 0.106. The summed E-state index contributed by atoms with van der Waals surface area (Å²) in [4.78, 5) is 1.36. The maximum atomic E-state index is 17.0. The van der Waals surface area contributed by atoms with Crippen molar-refractivity contribution in [1.29, 1.82) is 0 Å². The molecule has 362 valence electrons. The van der Waals surface area contributed by atoms with E-state index in [1.807, 2.05) is 94.1 Å². The first kappa shape index (κ1) is 45.8. The van der Waals surface area contributed by atoms with Crippen LogP contribution in [0.5, 0.6) is 0 Å². The summed E-state index contributed by atoms with van der Waals surface area (Å²) in [6.45, 7) is 0. The van der Waals surface area contributed by atoms with Crippen LogP contribution in [-0.2, 0) is 0 Å². The van der Waals surface area contributed by atoms with Crippen molar-refractivity contribution in [2.75, 3.05) is 9.80 Å². The number of fused-ring (bicyclic) bond motifs is 6. The Hall–Kier alpha value is -9.30. The number of rotatable bonds is 9. The molecule has 12 aromatic rings. The number of hydrogen-bond acceptors (Lipinski definition) is 2. The van der Waals surface area contributed by atoms with Crippen LogP contribution in [0.4, 0.5) is 78.0 Å². The molecule has 0 saturated carbocycles. The molecule has 0 aliphatic carbocycles. The van der Waals surface area contributed by atoms with Gasteiger partial charge in [-0.3, -0.25) is 0 Å². The lowest BCUT2D eigenvalue weighted by Gasteiger charge is -2.28. The molecule has 0 aliphatic rings. The van der Waals surface area contributed by atoms with Gasteiger partial charge < -0.3 is 18.9 Å². The van der Waals surface area contributed by atoms with E-state index < -0.39 is 80.7 Å². The molecule has 0 unspecified atom stereocenters. The zero-order valence-corrected chi connectivity index (χ0v) is 38.0. The minimum Gasteiger partial charge on any atom is -0.309 e. The van der Waals surface area contributed by atoms with E-state index in [9.17, 15) is 0 Å². The minimum atomic E-state index is -2.44. The zero-order valence-electron chi connectivity index (χ0n) is 38.0. The third-order valence-electron chi connectivity index (χ3n) is 13.2. The maximum absolute atomic E-state index is 17.0. The molecule has 12 rings (SSSR count). The maximum Gasteiger partial charge on any atom is 0.186 e. The van der Waals surface area contributed by atoms with Crippen molar-refractivity contribution >= 4 is 77.7 Å². The molecular weight excluding hydrogens is 967 g/mol. The summed E-state index contributed by atoms with van der Waals surface area (Å²) in [6, 6.07) is 50.2. The summed E-state index contributed by atoms with van der Waals surface area (Å²) in [5.74, 6) is -20.6.